The molecule has 3 heteroatoms. The van der Waals surface area contributed by atoms with Crippen LogP contribution in [0.2, 0.25) is 0 Å². The smallest absolute Gasteiger partial charge is 0.0541 e. The molecule has 3 nitrogen and oxygen atoms in total. The van der Waals surface area contributed by atoms with Gasteiger partial charge in [0.05, 0.1) is 5.69 Å². The molecule has 1 aliphatic rings. The lowest BCUT2D eigenvalue weighted by Crippen LogP contribution is -2.24. The standard InChI is InChI=1S/C18H22N2O/c1-2-6-16(7-3-1)18(12-15-9-11-21-14-15)20-13-17-8-4-5-10-19-17/h1-8,10,15,18,20H,9,11-14H2. The predicted octanol–water partition coefficient (Wildman–Crippen LogP) is 3.34. The van der Waals surface area contributed by atoms with Gasteiger partial charge in [0.15, 0.2) is 0 Å². The van der Waals surface area contributed by atoms with E-state index in [1.807, 2.05) is 18.3 Å². The van der Waals surface area contributed by atoms with Crippen molar-refractivity contribution in [2.24, 2.45) is 5.92 Å². The van der Waals surface area contributed by atoms with Crippen LogP contribution in [0.15, 0.2) is 54.7 Å². The molecule has 1 fully saturated rings. The highest BCUT2D eigenvalue weighted by molar-refractivity contribution is 5.19. The van der Waals surface area contributed by atoms with Crippen molar-refractivity contribution in [1.82, 2.24) is 10.3 Å². The summed E-state index contributed by atoms with van der Waals surface area (Å²) in [7, 11) is 0. The Morgan fingerprint density at radius 1 is 1.14 bits per heavy atom. The van der Waals surface area contributed by atoms with Gasteiger partial charge in [0, 0.05) is 32.0 Å². The topological polar surface area (TPSA) is 34.1 Å². The molecule has 0 saturated carbocycles. The lowest BCUT2D eigenvalue weighted by molar-refractivity contribution is 0.181. The second-order valence-corrected chi connectivity index (χ2v) is 5.63. The molecule has 1 saturated heterocycles. The van der Waals surface area contributed by atoms with Crippen LogP contribution < -0.4 is 5.32 Å². The second kappa shape index (κ2) is 7.34. The molecular formula is C18H22N2O. The molecule has 1 N–H and O–H groups in total. The highest BCUT2D eigenvalue weighted by Crippen LogP contribution is 2.26. The molecule has 0 aliphatic carbocycles. The highest BCUT2D eigenvalue weighted by atomic mass is 16.5. The zero-order valence-electron chi connectivity index (χ0n) is 12.2. The minimum Gasteiger partial charge on any atom is -0.381 e. The lowest BCUT2D eigenvalue weighted by atomic mass is 9.94. The quantitative estimate of drug-likeness (QED) is 0.882. The van der Waals surface area contributed by atoms with Crippen molar-refractivity contribution < 1.29 is 4.74 Å². The van der Waals surface area contributed by atoms with Crippen LogP contribution in [0.5, 0.6) is 0 Å². The predicted molar refractivity (Wildman–Crippen MR) is 83.8 cm³/mol. The summed E-state index contributed by atoms with van der Waals surface area (Å²) >= 11 is 0. The maximum Gasteiger partial charge on any atom is 0.0541 e. The Hall–Kier alpha value is -1.71. The third-order valence-corrected chi connectivity index (χ3v) is 4.05. The van der Waals surface area contributed by atoms with Gasteiger partial charge in [0.1, 0.15) is 0 Å². The minimum absolute atomic E-state index is 0.361. The summed E-state index contributed by atoms with van der Waals surface area (Å²) < 4.78 is 5.52. The van der Waals surface area contributed by atoms with Gasteiger partial charge in [0.25, 0.3) is 0 Å². The first-order valence-corrected chi connectivity index (χ1v) is 7.68. The number of pyridine rings is 1. The van der Waals surface area contributed by atoms with E-state index in [0.29, 0.717) is 12.0 Å². The lowest BCUT2D eigenvalue weighted by Gasteiger charge is -2.22. The second-order valence-electron chi connectivity index (χ2n) is 5.63. The third kappa shape index (κ3) is 4.13. The van der Waals surface area contributed by atoms with Crippen molar-refractivity contribution in [3.63, 3.8) is 0 Å². The van der Waals surface area contributed by atoms with Gasteiger partial charge in [-0.15, -0.1) is 0 Å². The number of aromatic nitrogens is 1. The van der Waals surface area contributed by atoms with Crippen LogP contribution in [0.1, 0.15) is 30.1 Å². The molecule has 1 aliphatic heterocycles. The fourth-order valence-corrected chi connectivity index (χ4v) is 2.86. The largest absolute Gasteiger partial charge is 0.381 e. The van der Waals surface area contributed by atoms with Crippen molar-refractivity contribution in [3.05, 3.63) is 66.0 Å². The molecule has 0 amide bonds. The van der Waals surface area contributed by atoms with Gasteiger partial charge in [-0.1, -0.05) is 36.4 Å². The maximum atomic E-state index is 5.52. The molecule has 2 aromatic rings. The van der Waals surface area contributed by atoms with E-state index >= 15 is 0 Å². The van der Waals surface area contributed by atoms with Gasteiger partial charge in [0.2, 0.25) is 0 Å². The minimum atomic E-state index is 0.361. The summed E-state index contributed by atoms with van der Waals surface area (Å²) in [6, 6.07) is 17.1. The van der Waals surface area contributed by atoms with Crippen LogP contribution >= 0.6 is 0 Å². The summed E-state index contributed by atoms with van der Waals surface area (Å²) in [6.07, 6.45) is 4.14. The first-order valence-electron chi connectivity index (χ1n) is 7.68. The first-order chi connectivity index (χ1) is 10.4. The SMILES string of the molecule is c1ccc(C(CC2CCOC2)NCc2ccccn2)cc1. The van der Waals surface area contributed by atoms with Crippen LogP contribution in [0.25, 0.3) is 0 Å². The summed E-state index contributed by atoms with van der Waals surface area (Å²) in [6.45, 7) is 2.61. The van der Waals surface area contributed by atoms with E-state index in [1.165, 1.54) is 12.0 Å². The molecule has 21 heavy (non-hydrogen) atoms. The maximum absolute atomic E-state index is 5.52. The van der Waals surface area contributed by atoms with Crippen LogP contribution in [-0.4, -0.2) is 18.2 Å². The third-order valence-electron chi connectivity index (χ3n) is 4.05. The average Bonchev–Trinajstić information content (AvgIpc) is 3.06. The number of nitrogens with one attached hydrogen (secondary N) is 1. The number of ether oxygens (including phenoxy) is 1. The van der Waals surface area contributed by atoms with Gasteiger partial charge in [-0.25, -0.2) is 0 Å². The van der Waals surface area contributed by atoms with E-state index in [0.717, 1.165) is 31.9 Å². The van der Waals surface area contributed by atoms with Gasteiger partial charge in [-0.3, -0.25) is 4.98 Å². The van der Waals surface area contributed by atoms with Crippen molar-refractivity contribution in [2.75, 3.05) is 13.2 Å². The molecule has 0 spiro atoms. The number of nitrogens with zero attached hydrogens (tertiary/aromatic N) is 1. The molecular weight excluding hydrogens is 260 g/mol. The highest BCUT2D eigenvalue weighted by Gasteiger charge is 2.21. The van der Waals surface area contributed by atoms with E-state index in [2.05, 4.69) is 46.7 Å². The molecule has 110 valence electrons. The van der Waals surface area contributed by atoms with Gasteiger partial charge in [-0.2, -0.15) is 0 Å². The van der Waals surface area contributed by atoms with Gasteiger partial charge >= 0.3 is 0 Å². The molecule has 3 rings (SSSR count). The van der Waals surface area contributed by atoms with Gasteiger partial charge < -0.3 is 10.1 Å². The summed E-state index contributed by atoms with van der Waals surface area (Å²) in [5.74, 6) is 0.659. The Kier molecular flexibility index (Phi) is 4.98. The molecule has 2 atom stereocenters. The van der Waals surface area contributed by atoms with Crippen LogP contribution in [0.4, 0.5) is 0 Å². The molecule has 0 radical (unpaired) electrons. The van der Waals surface area contributed by atoms with Crippen molar-refractivity contribution in [1.29, 1.82) is 0 Å². The normalized spacial score (nSPS) is 19.5. The number of hydrogen-bond donors (Lipinski definition) is 1. The number of hydrogen-bond acceptors (Lipinski definition) is 3. The Morgan fingerprint density at radius 2 is 2.00 bits per heavy atom. The molecule has 0 bridgehead atoms. The van der Waals surface area contributed by atoms with E-state index in [9.17, 15) is 0 Å². The molecule has 2 heterocycles. The van der Waals surface area contributed by atoms with Crippen LogP contribution in [-0.2, 0) is 11.3 Å². The average molecular weight is 282 g/mol. The van der Waals surface area contributed by atoms with Crippen molar-refractivity contribution in [2.45, 2.75) is 25.4 Å². The fourth-order valence-electron chi connectivity index (χ4n) is 2.86. The summed E-state index contributed by atoms with van der Waals surface area (Å²) in [5.41, 5.74) is 2.43. The number of rotatable bonds is 6. The Balaban J connectivity index is 1.66. The summed E-state index contributed by atoms with van der Waals surface area (Å²) in [5, 5.41) is 3.66. The Bertz CT molecular complexity index is 523. The summed E-state index contributed by atoms with van der Waals surface area (Å²) in [4.78, 5) is 4.39. The fraction of sp³-hybridized carbons (Fsp3) is 0.389. The monoisotopic (exact) mass is 282 g/mol. The van der Waals surface area contributed by atoms with E-state index in [1.54, 1.807) is 0 Å². The van der Waals surface area contributed by atoms with E-state index < -0.39 is 0 Å². The van der Waals surface area contributed by atoms with Crippen molar-refractivity contribution >= 4 is 0 Å². The molecule has 1 aromatic carbocycles. The van der Waals surface area contributed by atoms with Crippen molar-refractivity contribution in [3.8, 4) is 0 Å². The van der Waals surface area contributed by atoms with E-state index in [4.69, 9.17) is 4.74 Å². The Labute approximate surface area is 126 Å². The zero-order chi connectivity index (χ0) is 14.3. The van der Waals surface area contributed by atoms with Crippen LogP contribution in [0, 0.1) is 5.92 Å². The molecule has 1 aromatic heterocycles. The zero-order valence-corrected chi connectivity index (χ0v) is 12.2. The molecule has 2 unspecified atom stereocenters. The van der Waals surface area contributed by atoms with E-state index in [-0.39, 0.29) is 0 Å². The van der Waals surface area contributed by atoms with Gasteiger partial charge in [-0.05, 0) is 36.5 Å². The van der Waals surface area contributed by atoms with Crippen LogP contribution in [0.3, 0.4) is 0 Å². The Morgan fingerprint density at radius 3 is 2.71 bits per heavy atom. The number of benzene rings is 1. The first kappa shape index (κ1) is 14.2.